The molecular formula is C13H19ClO2. The Morgan fingerprint density at radius 1 is 1.25 bits per heavy atom. The van der Waals surface area contributed by atoms with E-state index in [4.69, 9.17) is 21.1 Å². The molecular weight excluding hydrogens is 224 g/mol. The Balaban J connectivity index is 2.57. The van der Waals surface area contributed by atoms with Crippen LogP contribution in [0.4, 0.5) is 0 Å². The highest BCUT2D eigenvalue weighted by molar-refractivity contribution is 6.17. The summed E-state index contributed by atoms with van der Waals surface area (Å²) in [5, 5.41) is 0. The Labute approximate surface area is 103 Å². The lowest BCUT2D eigenvalue weighted by atomic mass is 10.2. The number of ether oxygens (including phenoxy) is 2. The van der Waals surface area contributed by atoms with Crippen molar-refractivity contribution in [1.82, 2.24) is 0 Å². The third-order valence-corrected chi connectivity index (χ3v) is 2.71. The summed E-state index contributed by atoms with van der Waals surface area (Å²) >= 11 is 5.87. The van der Waals surface area contributed by atoms with E-state index in [-0.39, 0.29) is 0 Å². The molecule has 1 aromatic carbocycles. The van der Waals surface area contributed by atoms with Crippen LogP contribution in [-0.2, 0) is 5.88 Å². The van der Waals surface area contributed by atoms with Gasteiger partial charge in [0.25, 0.3) is 0 Å². The van der Waals surface area contributed by atoms with Crippen LogP contribution in [0.15, 0.2) is 18.2 Å². The van der Waals surface area contributed by atoms with Crippen molar-refractivity contribution in [3.8, 4) is 11.5 Å². The van der Waals surface area contributed by atoms with E-state index < -0.39 is 0 Å². The number of benzene rings is 1. The van der Waals surface area contributed by atoms with Gasteiger partial charge in [-0.3, -0.25) is 0 Å². The normalized spacial score (nSPS) is 10.2. The Kier molecular flexibility index (Phi) is 6.09. The Hall–Kier alpha value is -0.890. The minimum Gasteiger partial charge on any atom is -0.497 e. The zero-order chi connectivity index (χ0) is 11.8. The van der Waals surface area contributed by atoms with Crippen molar-refractivity contribution in [1.29, 1.82) is 0 Å². The van der Waals surface area contributed by atoms with E-state index in [0.717, 1.165) is 30.1 Å². The van der Waals surface area contributed by atoms with Gasteiger partial charge in [0.2, 0.25) is 0 Å². The van der Waals surface area contributed by atoms with E-state index in [0.29, 0.717) is 5.88 Å². The topological polar surface area (TPSA) is 18.5 Å². The van der Waals surface area contributed by atoms with Crippen molar-refractivity contribution < 1.29 is 9.47 Å². The van der Waals surface area contributed by atoms with E-state index in [1.165, 1.54) is 12.8 Å². The number of methoxy groups -OCH3 is 1. The van der Waals surface area contributed by atoms with Gasteiger partial charge in [0.15, 0.2) is 0 Å². The summed E-state index contributed by atoms with van der Waals surface area (Å²) in [7, 11) is 1.65. The first-order valence-corrected chi connectivity index (χ1v) is 6.21. The first-order valence-electron chi connectivity index (χ1n) is 5.67. The molecule has 0 unspecified atom stereocenters. The molecule has 1 rings (SSSR count). The highest BCUT2D eigenvalue weighted by Crippen LogP contribution is 2.25. The van der Waals surface area contributed by atoms with Crippen LogP contribution in [-0.4, -0.2) is 13.7 Å². The van der Waals surface area contributed by atoms with Gasteiger partial charge in [-0.15, -0.1) is 11.6 Å². The average molecular weight is 243 g/mol. The fraction of sp³-hybridized carbons (Fsp3) is 0.538. The van der Waals surface area contributed by atoms with Gasteiger partial charge in [-0.1, -0.05) is 19.8 Å². The maximum absolute atomic E-state index is 5.87. The van der Waals surface area contributed by atoms with Crippen LogP contribution in [0.5, 0.6) is 11.5 Å². The first kappa shape index (κ1) is 13.2. The molecule has 0 bridgehead atoms. The SMILES string of the molecule is CCCCCOc1ccc(OC)cc1CCl. The number of alkyl halides is 1. The molecule has 0 saturated heterocycles. The second kappa shape index (κ2) is 7.39. The van der Waals surface area contributed by atoms with Crippen LogP contribution in [0.25, 0.3) is 0 Å². The number of unbranched alkanes of at least 4 members (excludes halogenated alkanes) is 2. The molecule has 0 aromatic heterocycles. The van der Waals surface area contributed by atoms with Crippen molar-refractivity contribution in [3.63, 3.8) is 0 Å². The highest BCUT2D eigenvalue weighted by atomic mass is 35.5. The van der Waals surface area contributed by atoms with Crippen LogP contribution in [0.1, 0.15) is 31.7 Å². The molecule has 90 valence electrons. The number of hydrogen-bond donors (Lipinski definition) is 0. The zero-order valence-electron chi connectivity index (χ0n) is 9.96. The van der Waals surface area contributed by atoms with Gasteiger partial charge in [-0.2, -0.15) is 0 Å². The second-order valence-corrected chi connectivity index (χ2v) is 3.93. The van der Waals surface area contributed by atoms with Crippen molar-refractivity contribution in [2.45, 2.75) is 32.1 Å². The minimum absolute atomic E-state index is 0.445. The molecule has 0 amide bonds. The molecule has 0 aliphatic heterocycles. The maximum atomic E-state index is 5.87. The van der Waals surface area contributed by atoms with Crippen LogP contribution in [0.3, 0.4) is 0 Å². The molecule has 0 aliphatic rings. The summed E-state index contributed by atoms with van der Waals surface area (Å²) in [6, 6.07) is 5.73. The lowest BCUT2D eigenvalue weighted by Crippen LogP contribution is -1.99. The van der Waals surface area contributed by atoms with Crippen LogP contribution < -0.4 is 9.47 Å². The van der Waals surface area contributed by atoms with Crippen molar-refractivity contribution >= 4 is 11.6 Å². The van der Waals surface area contributed by atoms with Crippen molar-refractivity contribution in [3.05, 3.63) is 23.8 Å². The molecule has 0 fully saturated rings. The quantitative estimate of drug-likeness (QED) is 0.532. The standard InChI is InChI=1S/C13H19ClO2/c1-3-4-5-8-16-13-7-6-12(15-2)9-11(13)10-14/h6-7,9H,3-5,8,10H2,1-2H3. The molecule has 0 aliphatic carbocycles. The summed E-state index contributed by atoms with van der Waals surface area (Å²) in [5.41, 5.74) is 0.984. The van der Waals surface area contributed by atoms with E-state index in [9.17, 15) is 0 Å². The third-order valence-electron chi connectivity index (χ3n) is 2.42. The summed E-state index contributed by atoms with van der Waals surface area (Å²) < 4.78 is 10.8. The fourth-order valence-electron chi connectivity index (χ4n) is 1.46. The predicted molar refractivity (Wildman–Crippen MR) is 67.6 cm³/mol. The second-order valence-electron chi connectivity index (χ2n) is 3.66. The first-order chi connectivity index (χ1) is 7.81. The maximum Gasteiger partial charge on any atom is 0.123 e. The molecule has 0 saturated carbocycles. The monoisotopic (exact) mass is 242 g/mol. The number of halogens is 1. The summed E-state index contributed by atoms with van der Waals surface area (Å²) in [6.07, 6.45) is 3.49. The predicted octanol–water partition coefficient (Wildman–Crippen LogP) is 4.00. The van der Waals surface area contributed by atoms with Crippen molar-refractivity contribution in [2.24, 2.45) is 0 Å². The Morgan fingerprint density at radius 2 is 2.06 bits per heavy atom. The van der Waals surface area contributed by atoms with Gasteiger partial charge in [-0.25, -0.2) is 0 Å². The third kappa shape index (κ3) is 3.93. The fourth-order valence-corrected chi connectivity index (χ4v) is 1.67. The van der Waals surface area contributed by atoms with E-state index >= 15 is 0 Å². The molecule has 0 N–H and O–H groups in total. The average Bonchev–Trinajstić information content (AvgIpc) is 2.34. The molecule has 0 spiro atoms. The summed E-state index contributed by atoms with van der Waals surface area (Å²) in [5.74, 6) is 2.13. The largest absolute Gasteiger partial charge is 0.497 e. The van der Waals surface area contributed by atoms with Gasteiger partial charge in [0, 0.05) is 5.56 Å². The molecule has 0 heterocycles. The van der Waals surface area contributed by atoms with Crippen LogP contribution in [0.2, 0.25) is 0 Å². The van der Waals surface area contributed by atoms with Gasteiger partial charge in [0.05, 0.1) is 19.6 Å². The number of hydrogen-bond acceptors (Lipinski definition) is 2. The molecule has 16 heavy (non-hydrogen) atoms. The lowest BCUT2D eigenvalue weighted by Gasteiger charge is -2.11. The van der Waals surface area contributed by atoms with Gasteiger partial charge < -0.3 is 9.47 Å². The molecule has 0 atom stereocenters. The summed E-state index contributed by atoms with van der Waals surface area (Å²) in [6.45, 7) is 2.93. The van der Waals surface area contributed by atoms with E-state index in [1.54, 1.807) is 7.11 Å². The Bertz CT molecular complexity index is 313. The lowest BCUT2D eigenvalue weighted by molar-refractivity contribution is 0.303. The minimum atomic E-state index is 0.445. The molecule has 1 aromatic rings. The van der Waals surface area contributed by atoms with Crippen LogP contribution in [0, 0.1) is 0 Å². The highest BCUT2D eigenvalue weighted by Gasteiger charge is 2.04. The van der Waals surface area contributed by atoms with Gasteiger partial charge in [-0.05, 0) is 24.6 Å². The number of rotatable bonds is 7. The van der Waals surface area contributed by atoms with Crippen LogP contribution >= 0.6 is 11.6 Å². The summed E-state index contributed by atoms with van der Waals surface area (Å²) in [4.78, 5) is 0. The Morgan fingerprint density at radius 3 is 2.69 bits per heavy atom. The van der Waals surface area contributed by atoms with Gasteiger partial charge >= 0.3 is 0 Å². The van der Waals surface area contributed by atoms with Gasteiger partial charge in [0.1, 0.15) is 11.5 Å². The molecule has 3 heteroatoms. The smallest absolute Gasteiger partial charge is 0.123 e. The zero-order valence-corrected chi connectivity index (χ0v) is 10.7. The molecule has 2 nitrogen and oxygen atoms in total. The molecule has 0 radical (unpaired) electrons. The van der Waals surface area contributed by atoms with E-state index in [1.807, 2.05) is 18.2 Å². The van der Waals surface area contributed by atoms with Crippen molar-refractivity contribution in [2.75, 3.05) is 13.7 Å². The van der Waals surface area contributed by atoms with E-state index in [2.05, 4.69) is 6.92 Å².